The van der Waals surface area contributed by atoms with Crippen molar-refractivity contribution in [3.63, 3.8) is 0 Å². The molecule has 0 aliphatic carbocycles. The van der Waals surface area contributed by atoms with Crippen molar-refractivity contribution in [2.45, 2.75) is 18.2 Å². The van der Waals surface area contributed by atoms with Crippen molar-refractivity contribution in [2.75, 3.05) is 18.1 Å². The van der Waals surface area contributed by atoms with Crippen LogP contribution < -0.4 is 5.32 Å². The van der Waals surface area contributed by atoms with Crippen molar-refractivity contribution in [3.05, 3.63) is 53.1 Å². The van der Waals surface area contributed by atoms with Crippen LogP contribution in [0.2, 0.25) is 0 Å². The first-order chi connectivity index (χ1) is 12.0. The van der Waals surface area contributed by atoms with Crippen molar-refractivity contribution >= 4 is 34.0 Å². The van der Waals surface area contributed by atoms with Crippen molar-refractivity contribution in [1.29, 1.82) is 0 Å². The summed E-state index contributed by atoms with van der Waals surface area (Å²) in [4.78, 5) is 12.6. The molecule has 2 heterocycles. The lowest BCUT2D eigenvalue weighted by Crippen LogP contribution is -2.05. The van der Waals surface area contributed by atoms with E-state index in [1.807, 2.05) is 24.5 Å². The second kappa shape index (κ2) is 7.37. The third-order valence-corrected chi connectivity index (χ3v) is 5.84. The van der Waals surface area contributed by atoms with Gasteiger partial charge in [0.1, 0.15) is 5.82 Å². The number of aromatic nitrogens is 3. The van der Waals surface area contributed by atoms with E-state index in [2.05, 4.69) is 15.5 Å². The maximum atomic E-state index is 13.1. The van der Waals surface area contributed by atoms with E-state index < -0.39 is 0 Å². The summed E-state index contributed by atoms with van der Waals surface area (Å²) in [5, 5.41) is 11.6. The molecule has 3 rings (SSSR count). The standard InChI is InChI=1S/C17H17FN4OS2/c1-10-8-14(11(2)22(10)13-6-4-12(18)5-7-13)15(23)9-24-17-21-20-16(19-3)25-17/h4-8H,9H2,1-3H3,(H,19,20). The molecule has 25 heavy (non-hydrogen) atoms. The molecule has 0 fully saturated rings. The predicted octanol–water partition coefficient (Wildman–Crippen LogP) is 4.10. The number of thioether (sulfide) groups is 1. The normalized spacial score (nSPS) is 10.9. The number of carbonyl (C=O) groups excluding carboxylic acids is 1. The van der Waals surface area contributed by atoms with Crippen LogP contribution in [-0.2, 0) is 0 Å². The molecule has 3 aromatic rings. The summed E-state index contributed by atoms with van der Waals surface area (Å²) in [5.41, 5.74) is 3.30. The largest absolute Gasteiger partial charge is 0.363 e. The molecular weight excluding hydrogens is 359 g/mol. The van der Waals surface area contributed by atoms with E-state index >= 15 is 0 Å². The van der Waals surface area contributed by atoms with Crippen LogP contribution in [0.15, 0.2) is 34.7 Å². The fourth-order valence-electron chi connectivity index (χ4n) is 2.61. The predicted molar refractivity (Wildman–Crippen MR) is 99.7 cm³/mol. The zero-order chi connectivity index (χ0) is 18.0. The smallest absolute Gasteiger partial charge is 0.206 e. The number of rotatable bonds is 6. The Bertz CT molecular complexity index is 902. The van der Waals surface area contributed by atoms with E-state index in [9.17, 15) is 9.18 Å². The van der Waals surface area contributed by atoms with Crippen molar-refractivity contribution < 1.29 is 9.18 Å². The van der Waals surface area contributed by atoms with Gasteiger partial charge in [-0.2, -0.15) is 0 Å². The SMILES string of the molecule is CNc1nnc(SCC(=O)c2cc(C)n(-c3ccc(F)cc3)c2C)s1. The van der Waals surface area contributed by atoms with E-state index in [0.717, 1.165) is 26.5 Å². The number of hydrogen-bond acceptors (Lipinski definition) is 6. The maximum absolute atomic E-state index is 13.1. The van der Waals surface area contributed by atoms with Gasteiger partial charge in [-0.15, -0.1) is 10.2 Å². The number of nitrogens with one attached hydrogen (secondary N) is 1. The van der Waals surface area contributed by atoms with Crippen LogP contribution in [0.25, 0.3) is 5.69 Å². The van der Waals surface area contributed by atoms with E-state index in [1.165, 1.54) is 35.2 Å². The number of anilines is 1. The van der Waals surface area contributed by atoms with E-state index in [4.69, 9.17) is 0 Å². The molecule has 0 amide bonds. The molecule has 5 nitrogen and oxygen atoms in total. The van der Waals surface area contributed by atoms with Crippen LogP contribution in [0, 0.1) is 19.7 Å². The van der Waals surface area contributed by atoms with Gasteiger partial charge in [0.25, 0.3) is 0 Å². The van der Waals surface area contributed by atoms with Gasteiger partial charge in [0.15, 0.2) is 10.1 Å². The number of halogens is 1. The van der Waals surface area contributed by atoms with Crippen molar-refractivity contribution in [1.82, 2.24) is 14.8 Å². The highest BCUT2D eigenvalue weighted by atomic mass is 32.2. The van der Waals surface area contributed by atoms with E-state index in [-0.39, 0.29) is 11.6 Å². The Labute approximate surface area is 153 Å². The number of benzene rings is 1. The number of aryl methyl sites for hydroxylation is 1. The fourth-order valence-corrected chi connectivity index (χ4v) is 4.20. The van der Waals surface area contributed by atoms with Gasteiger partial charge in [-0.3, -0.25) is 4.79 Å². The molecule has 0 unspecified atom stereocenters. The molecule has 0 spiro atoms. The summed E-state index contributed by atoms with van der Waals surface area (Å²) < 4.78 is 15.9. The lowest BCUT2D eigenvalue weighted by molar-refractivity contribution is 0.102. The second-order valence-electron chi connectivity index (χ2n) is 5.43. The summed E-state index contributed by atoms with van der Waals surface area (Å²) >= 11 is 2.80. The lowest BCUT2D eigenvalue weighted by atomic mass is 10.2. The molecule has 0 saturated heterocycles. The molecule has 1 N–H and O–H groups in total. The minimum Gasteiger partial charge on any atom is -0.363 e. The van der Waals surface area contributed by atoms with Gasteiger partial charge in [0, 0.05) is 29.7 Å². The number of nitrogens with zero attached hydrogens (tertiary/aromatic N) is 3. The Morgan fingerprint density at radius 1 is 1.28 bits per heavy atom. The number of hydrogen-bond donors (Lipinski definition) is 1. The van der Waals surface area contributed by atoms with Crippen LogP contribution in [0.5, 0.6) is 0 Å². The number of Topliss-reactive ketones (excluding diaryl/α,β-unsaturated/α-hetero) is 1. The third-order valence-electron chi connectivity index (χ3n) is 3.76. The topological polar surface area (TPSA) is 59.8 Å². The lowest BCUT2D eigenvalue weighted by Gasteiger charge is -2.09. The van der Waals surface area contributed by atoms with Crippen LogP contribution in [0.1, 0.15) is 21.7 Å². The van der Waals surface area contributed by atoms with Gasteiger partial charge in [-0.1, -0.05) is 23.1 Å². The number of ketones is 1. The van der Waals surface area contributed by atoms with Crippen LogP contribution >= 0.6 is 23.1 Å². The zero-order valence-electron chi connectivity index (χ0n) is 14.0. The summed E-state index contributed by atoms with van der Waals surface area (Å²) in [7, 11) is 1.78. The molecule has 0 saturated carbocycles. The molecule has 2 aromatic heterocycles. The van der Waals surface area contributed by atoms with Gasteiger partial charge in [0.2, 0.25) is 5.13 Å². The molecule has 0 aliphatic heterocycles. The second-order valence-corrected chi connectivity index (χ2v) is 7.63. The minimum absolute atomic E-state index is 0.0349. The van der Waals surface area contributed by atoms with Crippen molar-refractivity contribution in [3.8, 4) is 5.69 Å². The highest BCUT2D eigenvalue weighted by molar-refractivity contribution is 8.01. The molecular formula is C17H17FN4OS2. The van der Waals surface area contributed by atoms with E-state index in [1.54, 1.807) is 19.2 Å². The van der Waals surface area contributed by atoms with Gasteiger partial charge in [-0.25, -0.2) is 4.39 Å². The monoisotopic (exact) mass is 376 g/mol. The first-order valence-corrected chi connectivity index (χ1v) is 9.42. The van der Waals surface area contributed by atoms with Crippen LogP contribution in [0.3, 0.4) is 0 Å². The Balaban J connectivity index is 1.79. The van der Waals surface area contributed by atoms with E-state index in [0.29, 0.717) is 11.3 Å². The first kappa shape index (κ1) is 17.6. The quantitative estimate of drug-likeness (QED) is 0.518. The summed E-state index contributed by atoms with van der Waals surface area (Å²) in [6.45, 7) is 3.84. The van der Waals surface area contributed by atoms with Gasteiger partial charge in [0.05, 0.1) is 5.75 Å². The Kier molecular flexibility index (Phi) is 5.19. The molecule has 1 aromatic carbocycles. The highest BCUT2D eigenvalue weighted by Crippen LogP contribution is 2.27. The number of carbonyl (C=O) groups is 1. The molecule has 0 bridgehead atoms. The van der Waals surface area contributed by atoms with Crippen LogP contribution in [0.4, 0.5) is 9.52 Å². The Morgan fingerprint density at radius 2 is 2.00 bits per heavy atom. The van der Waals surface area contributed by atoms with Gasteiger partial charge in [-0.05, 0) is 44.2 Å². The molecule has 130 valence electrons. The average molecular weight is 376 g/mol. The van der Waals surface area contributed by atoms with Gasteiger partial charge >= 0.3 is 0 Å². The first-order valence-electron chi connectivity index (χ1n) is 7.61. The maximum Gasteiger partial charge on any atom is 0.206 e. The zero-order valence-corrected chi connectivity index (χ0v) is 15.7. The van der Waals surface area contributed by atoms with Crippen molar-refractivity contribution in [2.24, 2.45) is 0 Å². The Morgan fingerprint density at radius 3 is 2.64 bits per heavy atom. The summed E-state index contributed by atoms with van der Waals surface area (Å²) in [6, 6.07) is 8.12. The summed E-state index contributed by atoms with van der Waals surface area (Å²) in [5.74, 6) is 0.0519. The Hall–Kier alpha value is -2.19. The average Bonchev–Trinajstić information content (AvgIpc) is 3.18. The molecule has 0 radical (unpaired) electrons. The van der Waals surface area contributed by atoms with Gasteiger partial charge < -0.3 is 9.88 Å². The molecule has 0 atom stereocenters. The fraction of sp³-hybridized carbons (Fsp3) is 0.235. The molecule has 8 heteroatoms. The summed E-state index contributed by atoms with van der Waals surface area (Å²) in [6.07, 6.45) is 0. The van der Waals surface area contributed by atoms with Crippen LogP contribution in [-0.4, -0.2) is 33.3 Å². The third kappa shape index (κ3) is 3.74. The highest BCUT2D eigenvalue weighted by Gasteiger charge is 2.17. The molecule has 0 aliphatic rings. The minimum atomic E-state index is -0.281.